The number of aryl methyl sites for hydroxylation is 1. The fraction of sp³-hybridized carbons (Fsp3) is 0.621. The zero-order chi connectivity index (χ0) is 33.8. The van der Waals surface area contributed by atoms with E-state index < -0.39 is 50.7 Å². The summed E-state index contributed by atoms with van der Waals surface area (Å²) >= 11 is 0. The average Bonchev–Trinajstić information content (AvgIpc) is 3.10. The maximum atomic E-state index is 15.1. The van der Waals surface area contributed by atoms with Gasteiger partial charge in [0.05, 0.1) is 18.0 Å². The van der Waals surface area contributed by atoms with Crippen molar-refractivity contribution < 1.29 is 54.0 Å². The van der Waals surface area contributed by atoms with Crippen LogP contribution in [0.25, 0.3) is 10.8 Å². The number of ether oxygens (including phenoxy) is 3. The number of hydrogen-bond acceptors (Lipinski definition) is 9. The molecule has 2 aromatic rings. The number of carbonyl (C=O) groups excluding carboxylic acids is 2. The Morgan fingerprint density at radius 2 is 1.71 bits per heavy atom. The molecule has 2 heterocycles. The van der Waals surface area contributed by atoms with Gasteiger partial charge in [0.2, 0.25) is 5.88 Å². The first-order valence-corrected chi connectivity index (χ1v) is 15.8. The third-order valence-electron chi connectivity index (χ3n) is 6.32. The number of amides is 2. The minimum absolute atomic E-state index is 0.0533. The molecule has 11 nitrogen and oxygen atoms in total. The van der Waals surface area contributed by atoms with Gasteiger partial charge in [0.15, 0.2) is 0 Å². The van der Waals surface area contributed by atoms with Crippen molar-refractivity contribution in [3.05, 3.63) is 29.6 Å². The van der Waals surface area contributed by atoms with E-state index in [2.05, 4.69) is 14.5 Å². The molecule has 16 heteroatoms. The molecule has 0 bridgehead atoms. The Bertz CT molecular complexity index is 1490. The van der Waals surface area contributed by atoms with Crippen LogP contribution in [0, 0.1) is 5.82 Å². The summed E-state index contributed by atoms with van der Waals surface area (Å²) in [5.41, 5.74) is -7.55. The van der Waals surface area contributed by atoms with E-state index in [1.165, 1.54) is 12.1 Å². The molecule has 1 aromatic carbocycles. The summed E-state index contributed by atoms with van der Waals surface area (Å²) in [5.74, 6) is -2.28. The summed E-state index contributed by atoms with van der Waals surface area (Å²) in [4.78, 5) is 30.2. The van der Waals surface area contributed by atoms with E-state index in [1.807, 2.05) is 0 Å². The zero-order valence-corrected chi connectivity index (χ0v) is 26.9. The van der Waals surface area contributed by atoms with Crippen molar-refractivity contribution in [1.29, 1.82) is 0 Å². The van der Waals surface area contributed by atoms with Crippen molar-refractivity contribution in [3.8, 4) is 5.88 Å². The molecule has 2 amide bonds. The van der Waals surface area contributed by atoms with Crippen LogP contribution < -0.4 is 9.50 Å². The maximum absolute atomic E-state index is 15.1. The summed E-state index contributed by atoms with van der Waals surface area (Å²) in [5, 5.41) is 1.96. The molecule has 3 rings (SSSR count). The lowest BCUT2D eigenvalue weighted by Gasteiger charge is -2.28. The zero-order valence-electron chi connectivity index (χ0n) is 26.0. The van der Waals surface area contributed by atoms with Crippen molar-refractivity contribution in [2.24, 2.45) is 0 Å². The SMILES string of the molecule is CC(C)(C)OC(=O)Nc1cc2ccc(F)c(CCCO[C@@H]3CCCCN(C(=O)OC(C)(C)C)C3)c2c(OS(=O)(=O)C(F)(F)F)n1. The van der Waals surface area contributed by atoms with Gasteiger partial charge in [0.25, 0.3) is 0 Å². The molecular weight excluding hydrogens is 626 g/mol. The number of pyridine rings is 1. The molecule has 1 fully saturated rings. The predicted molar refractivity (Wildman–Crippen MR) is 157 cm³/mol. The van der Waals surface area contributed by atoms with Crippen LogP contribution in [0.5, 0.6) is 5.88 Å². The van der Waals surface area contributed by atoms with Gasteiger partial charge in [0, 0.05) is 18.7 Å². The van der Waals surface area contributed by atoms with Crippen molar-refractivity contribution >= 4 is 38.9 Å². The number of halogens is 4. The lowest BCUT2D eigenvalue weighted by Crippen LogP contribution is -2.41. The number of rotatable bonds is 8. The Labute approximate surface area is 259 Å². The molecule has 1 aliphatic rings. The molecule has 0 unspecified atom stereocenters. The number of aromatic nitrogens is 1. The van der Waals surface area contributed by atoms with E-state index in [1.54, 1.807) is 46.4 Å². The van der Waals surface area contributed by atoms with Gasteiger partial charge in [0.1, 0.15) is 22.8 Å². The van der Waals surface area contributed by atoms with E-state index in [0.717, 1.165) is 18.9 Å². The van der Waals surface area contributed by atoms with Crippen LogP contribution in [-0.4, -0.2) is 73.0 Å². The minimum Gasteiger partial charge on any atom is -0.444 e. The molecule has 0 spiro atoms. The summed E-state index contributed by atoms with van der Waals surface area (Å²) in [6.45, 7) is 11.0. The molecule has 1 atom stereocenters. The second-order valence-corrected chi connectivity index (χ2v) is 14.1. The number of alkyl halides is 3. The van der Waals surface area contributed by atoms with Gasteiger partial charge in [-0.25, -0.2) is 14.0 Å². The number of benzene rings is 1. The monoisotopic (exact) mass is 665 g/mol. The molecule has 1 N–H and O–H groups in total. The molecule has 45 heavy (non-hydrogen) atoms. The molecule has 0 aliphatic carbocycles. The number of anilines is 1. The fourth-order valence-electron chi connectivity index (χ4n) is 4.52. The quantitative estimate of drug-likeness (QED) is 0.142. The Balaban J connectivity index is 1.84. The van der Waals surface area contributed by atoms with Gasteiger partial charge in [-0.15, -0.1) is 0 Å². The summed E-state index contributed by atoms with van der Waals surface area (Å²) in [6, 6.07) is 3.47. The highest BCUT2D eigenvalue weighted by Crippen LogP contribution is 2.36. The van der Waals surface area contributed by atoms with E-state index >= 15 is 4.39 Å². The fourth-order valence-corrected chi connectivity index (χ4v) is 4.94. The first kappa shape index (κ1) is 36.1. The van der Waals surface area contributed by atoms with E-state index in [4.69, 9.17) is 14.2 Å². The highest BCUT2D eigenvalue weighted by Gasteiger charge is 2.49. The van der Waals surface area contributed by atoms with Crippen molar-refractivity contribution in [2.45, 2.75) is 96.5 Å². The van der Waals surface area contributed by atoms with Crippen LogP contribution in [0.2, 0.25) is 0 Å². The van der Waals surface area contributed by atoms with Crippen LogP contribution in [-0.2, 0) is 30.7 Å². The predicted octanol–water partition coefficient (Wildman–Crippen LogP) is 6.69. The van der Waals surface area contributed by atoms with Crippen molar-refractivity contribution in [2.75, 3.05) is 25.0 Å². The molecule has 1 saturated heterocycles. The maximum Gasteiger partial charge on any atom is 0.534 e. The Morgan fingerprint density at radius 1 is 1.04 bits per heavy atom. The standard InChI is InChI=1S/C29H39F4N3O8S/c1-27(2,3)42-25(37)35-22-16-18-12-13-21(30)20(23(18)24(34-22)44-45(39,40)29(31,32)33)11-9-15-41-19-10-7-8-14-36(17-19)26(38)43-28(4,5)6/h12-13,16,19H,7-11,14-15,17H2,1-6H3,(H,34,35,37)/t19-/m1/s1. The van der Waals surface area contributed by atoms with Crippen LogP contribution >= 0.6 is 0 Å². The third-order valence-corrected chi connectivity index (χ3v) is 7.27. The first-order chi connectivity index (χ1) is 20.6. The number of nitrogens with zero attached hydrogens (tertiary/aromatic N) is 2. The van der Waals surface area contributed by atoms with Crippen LogP contribution in [0.4, 0.5) is 33.0 Å². The Morgan fingerprint density at radius 3 is 2.33 bits per heavy atom. The number of carbonyl (C=O) groups is 2. The number of nitrogens with one attached hydrogen (secondary N) is 1. The lowest BCUT2D eigenvalue weighted by molar-refractivity contribution is -0.0501. The van der Waals surface area contributed by atoms with E-state index in [0.29, 0.717) is 19.5 Å². The number of fused-ring (bicyclic) bond motifs is 1. The van der Waals surface area contributed by atoms with Crippen LogP contribution in [0.15, 0.2) is 18.2 Å². The normalized spacial score (nSPS) is 16.7. The van der Waals surface area contributed by atoms with Gasteiger partial charge in [-0.05, 0) is 91.2 Å². The molecule has 0 saturated carbocycles. The van der Waals surface area contributed by atoms with Gasteiger partial charge < -0.3 is 23.3 Å². The minimum atomic E-state index is -6.21. The smallest absolute Gasteiger partial charge is 0.444 e. The van der Waals surface area contributed by atoms with Gasteiger partial charge >= 0.3 is 27.8 Å². The second-order valence-electron chi connectivity index (χ2n) is 12.6. The summed E-state index contributed by atoms with van der Waals surface area (Å²) in [7, 11) is -6.21. The van der Waals surface area contributed by atoms with Crippen molar-refractivity contribution in [3.63, 3.8) is 0 Å². The van der Waals surface area contributed by atoms with E-state index in [9.17, 15) is 31.2 Å². The number of likely N-dealkylation sites (tertiary alicyclic amines) is 1. The third kappa shape index (κ3) is 10.6. The number of hydrogen-bond donors (Lipinski definition) is 1. The summed E-state index contributed by atoms with van der Waals surface area (Å²) in [6.07, 6.45) is 0.552. The molecule has 1 aliphatic heterocycles. The molecule has 0 radical (unpaired) electrons. The topological polar surface area (TPSA) is 133 Å². The van der Waals surface area contributed by atoms with E-state index in [-0.39, 0.29) is 47.7 Å². The highest BCUT2D eigenvalue weighted by atomic mass is 32.2. The second kappa shape index (κ2) is 13.9. The highest BCUT2D eigenvalue weighted by molar-refractivity contribution is 7.88. The van der Waals surface area contributed by atoms with Gasteiger partial charge in [-0.3, -0.25) is 5.32 Å². The molecular formula is C29H39F4N3O8S. The Kier molecular flexibility index (Phi) is 11.2. The molecule has 1 aromatic heterocycles. The lowest BCUT2D eigenvalue weighted by atomic mass is 10.0. The first-order valence-electron chi connectivity index (χ1n) is 14.4. The Hall–Kier alpha value is -3.40. The van der Waals surface area contributed by atoms with Gasteiger partial charge in [-0.2, -0.15) is 26.6 Å². The average molecular weight is 666 g/mol. The van der Waals surface area contributed by atoms with Crippen molar-refractivity contribution in [1.82, 2.24) is 9.88 Å². The summed E-state index contributed by atoms with van der Waals surface area (Å²) < 4.78 is 99.7. The van der Waals surface area contributed by atoms with Crippen LogP contribution in [0.1, 0.15) is 72.8 Å². The van der Waals surface area contributed by atoms with Crippen LogP contribution in [0.3, 0.4) is 0 Å². The largest absolute Gasteiger partial charge is 0.534 e. The molecule has 252 valence electrons. The van der Waals surface area contributed by atoms with Gasteiger partial charge in [-0.1, -0.05) is 6.07 Å².